The van der Waals surface area contributed by atoms with Crippen molar-refractivity contribution in [2.45, 2.75) is 6.42 Å². The minimum atomic E-state index is -0.921. The number of nitrogens with one attached hydrogen (secondary N) is 1. The normalized spacial score (nSPS) is 16.2. The molecule has 0 bridgehead atoms. The summed E-state index contributed by atoms with van der Waals surface area (Å²) in [6.45, 7) is 3.57. The van der Waals surface area contributed by atoms with E-state index < -0.39 is 23.4 Å². The number of hydrazone groups is 1. The number of carbonyl (C=O) groups excluding carboxylic acids is 1. The van der Waals surface area contributed by atoms with E-state index in [9.17, 15) is 13.6 Å². The summed E-state index contributed by atoms with van der Waals surface area (Å²) >= 11 is 0. The summed E-state index contributed by atoms with van der Waals surface area (Å²) in [5, 5.41) is 8.01. The number of rotatable bonds is 5. The van der Waals surface area contributed by atoms with Crippen molar-refractivity contribution in [3.05, 3.63) is 53.4 Å². The van der Waals surface area contributed by atoms with E-state index in [1.165, 1.54) is 18.2 Å². The lowest BCUT2D eigenvalue weighted by atomic mass is 10.2. The topological polar surface area (TPSA) is 119 Å². The molecule has 0 saturated carbocycles. The third kappa shape index (κ3) is 3.97. The van der Waals surface area contributed by atoms with E-state index >= 15 is 0 Å². The minimum Gasteiger partial charge on any atom is -0.483 e. The maximum Gasteiger partial charge on any atom is 0.252 e. The van der Waals surface area contributed by atoms with Crippen LogP contribution in [0.25, 0.3) is 0 Å². The quantitative estimate of drug-likeness (QED) is 0.686. The monoisotopic (exact) mass is 364 g/mol. The van der Waals surface area contributed by atoms with Crippen LogP contribution in [0, 0.1) is 5.82 Å². The first-order valence-electron chi connectivity index (χ1n) is 7.37. The molecule has 0 unspecified atom stereocenters. The van der Waals surface area contributed by atoms with Crippen LogP contribution < -0.4 is 16.8 Å². The van der Waals surface area contributed by atoms with E-state index in [-0.39, 0.29) is 29.2 Å². The first-order chi connectivity index (χ1) is 12.3. The fourth-order valence-electron chi connectivity index (χ4n) is 2.16. The molecule has 2 heterocycles. The number of anilines is 2. The first-order valence-corrected chi connectivity index (χ1v) is 7.37. The molecule has 2 rings (SSSR count). The molecule has 0 spiro atoms. The van der Waals surface area contributed by atoms with Gasteiger partial charge in [0.05, 0.1) is 24.8 Å². The largest absolute Gasteiger partial charge is 0.483 e. The van der Waals surface area contributed by atoms with Crippen molar-refractivity contribution in [2.75, 3.05) is 25.2 Å². The van der Waals surface area contributed by atoms with Gasteiger partial charge in [0, 0.05) is 12.7 Å². The fraction of sp³-hybridized carbons (Fsp3) is 0.188. The zero-order valence-electron chi connectivity index (χ0n) is 14.2. The SMILES string of the molecule is C=C/C(=C\C(F)=C1/CC(OC)=NN1C)Nc1nc(N)c(F)cc1C(N)=O. The van der Waals surface area contributed by atoms with Gasteiger partial charge in [-0.15, -0.1) is 5.10 Å². The second kappa shape index (κ2) is 7.64. The van der Waals surface area contributed by atoms with Crippen LogP contribution >= 0.6 is 0 Å². The highest BCUT2D eigenvalue weighted by atomic mass is 19.1. The number of pyridine rings is 1. The van der Waals surface area contributed by atoms with E-state index in [1.54, 1.807) is 7.05 Å². The Balaban J connectivity index is 2.36. The molecule has 26 heavy (non-hydrogen) atoms. The Morgan fingerprint density at radius 2 is 2.23 bits per heavy atom. The number of methoxy groups -OCH3 is 1. The van der Waals surface area contributed by atoms with Crippen molar-refractivity contribution >= 4 is 23.4 Å². The summed E-state index contributed by atoms with van der Waals surface area (Å²) in [7, 11) is 3.01. The van der Waals surface area contributed by atoms with Gasteiger partial charge in [0.2, 0.25) is 5.90 Å². The van der Waals surface area contributed by atoms with Gasteiger partial charge in [0.25, 0.3) is 5.91 Å². The number of halogens is 2. The van der Waals surface area contributed by atoms with Crippen LogP contribution in [-0.4, -0.2) is 36.0 Å². The lowest BCUT2D eigenvalue weighted by Gasteiger charge is -2.12. The molecule has 10 heteroatoms. The first kappa shape index (κ1) is 18.9. The predicted octanol–water partition coefficient (Wildman–Crippen LogP) is 1.86. The maximum atomic E-state index is 14.6. The van der Waals surface area contributed by atoms with Gasteiger partial charge in [-0.1, -0.05) is 6.58 Å². The van der Waals surface area contributed by atoms with E-state index in [0.29, 0.717) is 5.90 Å². The van der Waals surface area contributed by atoms with Crippen molar-refractivity contribution < 1.29 is 18.3 Å². The van der Waals surface area contributed by atoms with Gasteiger partial charge in [0.15, 0.2) is 11.6 Å². The van der Waals surface area contributed by atoms with Gasteiger partial charge >= 0.3 is 0 Å². The van der Waals surface area contributed by atoms with Crippen molar-refractivity contribution in [1.29, 1.82) is 0 Å². The second-order valence-electron chi connectivity index (χ2n) is 5.24. The lowest BCUT2D eigenvalue weighted by molar-refractivity contribution is 0.100. The van der Waals surface area contributed by atoms with Gasteiger partial charge in [0.1, 0.15) is 11.6 Å². The molecular weight excluding hydrogens is 346 g/mol. The predicted molar refractivity (Wildman–Crippen MR) is 94.0 cm³/mol. The Bertz CT molecular complexity index is 847. The number of amides is 1. The van der Waals surface area contributed by atoms with Crippen LogP contribution in [0.4, 0.5) is 20.4 Å². The molecular formula is C16H18F2N6O2. The Kier molecular flexibility index (Phi) is 5.55. The van der Waals surface area contributed by atoms with E-state index in [4.69, 9.17) is 16.2 Å². The van der Waals surface area contributed by atoms with Crippen LogP contribution in [0.1, 0.15) is 16.8 Å². The number of carbonyl (C=O) groups is 1. The van der Waals surface area contributed by atoms with Gasteiger partial charge in [-0.25, -0.2) is 13.8 Å². The molecule has 0 saturated heterocycles. The average Bonchev–Trinajstić information content (AvgIpc) is 2.97. The number of allylic oxidation sites excluding steroid dienone is 3. The van der Waals surface area contributed by atoms with Gasteiger partial charge < -0.3 is 21.5 Å². The zero-order valence-corrected chi connectivity index (χ0v) is 14.2. The number of nitrogen functional groups attached to an aromatic ring is 1. The Morgan fingerprint density at radius 1 is 1.54 bits per heavy atom. The third-order valence-electron chi connectivity index (χ3n) is 3.52. The van der Waals surface area contributed by atoms with Crippen LogP contribution in [0.2, 0.25) is 0 Å². The summed E-state index contributed by atoms with van der Waals surface area (Å²) in [5.41, 5.74) is 10.8. The minimum absolute atomic E-state index is 0.117. The summed E-state index contributed by atoms with van der Waals surface area (Å²) < 4.78 is 33.1. The summed E-state index contributed by atoms with van der Waals surface area (Å²) in [6, 6.07) is 0.853. The third-order valence-corrected chi connectivity index (χ3v) is 3.52. The molecule has 8 nitrogen and oxygen atoms in total. The average molecular weight is 364 g/mol. The van der Waals surface area contributed by atoms with E-state index in [2.05, 4.69) is 22.0 Å². The Morgan fingerprint density at radius 3 is 2.77 bits per heavy atom. The van der Waals surface area contributed by atoms with Crippen molar-refractivity contribution in [3.8, 4) is 0 Å². The molecule has 1 aromatic rings. The number of hydrogen-bond donors (Lipinski definition) is 3. The molecule has 5 N–H and O–H groups in total. The highest BCUT2D eigenvalue weighted by Crippen LogP contribution is 2.25. The second-order valence-corrected chi connectivity index (χ2v) is 5.24. The van der Waals surface area contributed by atoms with Crippen LogP contribution in [0.5, 0.6) is 0 Å². The number of primary amides is 1. The van der Waals surface area contributed by atoms with Crippen LogP contribution in [-0.2, 0) is 4.74 Å². The molecule has 0 aliphatic carbocycles. The van der Waals surface area contributed by atoms with Crippen molar-refractivity contribution in [3.63, 3.8) is 0 Å². The summed E-state index contributed by atoms with van der Waals surface area (Å²) in [6.07, 6.45) is 2.59. The molecule has 1 aliphatic rings. The fourth-order valence-corrected chi connectivity index (χ4v) is 2.16. The van der Waals surface area contributed by atoms with Crippen LogP contribution in [0.3, 0.4) is 0 Å². The molecule has 0 fully saturated rings. The number of ether oxygens (including phenoxy) is 1. The molecule has 0 radical (unpaired) electrons. The van der Waals surface area contributed by atoms with Gasteiger partial charge in [-0.2, -0.15) is 0 Å². The van der Waals surface area contributed by atoms with Crippen LogP contribution in [0.15, 0.2) is 47.1 Å². The van der Waals surface area contributed by atoms with Crippen molar-refractivity contribution in [2.24, 2.45) is 10.8 Å². The highest BCUT2D eigenvalue weighted by Gasteiger charge is 2.22. The standard InChI is InChI=1S/C16H18F2N6O2/c1-4-8(5-10(17)12-7-13(26-3)23-24(12)2)21-16-9(15(20)25)6-11(18)14(19)22-16/h4-6H,1,7H2,2-3H3,(H2,20,25)(H3,19,21,22)/b8-5+,12-10-. The Hall–Kier alpha value is -3.43. The highest BCUT2D eigenvalue weighted by molar-refractivity contribution is 5.98. The number of hydrogen-bond acceptors (Lipinski definition) is 7. The lowest BCUT2D eigenvalue weighted by Crippen LogP contribution is -2.17. The molecule has 0 aromatic carbocycles. The van der Waals surface area contributed by atoms with Crippen molar-refractivity contribution in [1.82, 2.24) is 9.99 Å². The maximum absolute atomic E-state index is 14.6. The zero-order chi connectivity index (χ0) is 19.4. The molecule has 1 aliphatic heterocycles. The molecule has 138 valence electrons. The number of nitrogens with two attached hydrogens (primary N) is 2. The van der Waals surface area contributed by atoms with E-state index in [0.717, 1.165) is 12.1 Å². The number of nitrogens with zero attached hydrogens (tertiary/aromatic N) is 3. The molecule has 1 amide bonds. The summed E-state index contributed by atoms with van der Waals surface area (Å²) in [5.74, 6) is -2.61. The van der Waals surface area contributed by atoms with E-state index in [1.807, 2.05) is 0 Å². The molecule has 1 aromatic heterocycles. The Labute approximate surface area is 148 Å². The summed E-state index contributed by atoms with van der Waals surface area (Å²) in [4.78, 5) is 15.2. The number of aromatic nitrogens is 1. The van der Waals surface area contributed by atoms with Gasteiger partial charge in [-0.05, 0) is 18.2 Å². The smallest absolute Gasteiger partial charge is 0.252 e. The molecule has 0 atom stereocenters. The van der Waals surface area contributed by atoms with Gasteiger partial charge in [-0.3, -0.25) is 9.80 Å².